The minimum atomic E-state index is -0.663. The summed E-state index contributed by atoms with van der Waals surface area (Å²) in [6.45, 7) is 7.81. The first kappa shape index (κ1) is 25.7. The number of esters is 1. The molecule has 4 fully saturated rings. The number of hydrogen-bond donors (Lipinski definition) is 1. The Morgan fingerprint density at radius 1 is 1.18 bits per heavy atom. The van der Waals surface area contributed by atoms with Crippen LogP contribution < -0.4 is 0 Å². The van der Waals surface area contributed by atoms with Crippen LogP contribution in [-0.2, 0) is 25.7 Å². The molecule has 1 aromatic rings. The lowest BCUT2D eigenvalue weighted by Crippen LogP contribution is -2.60. The number of rotatable bonds is 5. The third kappa shape index (κ3) is 3.63. The summed E-state index contributed by atoms with van der Waals surface area (Å²) < 4.78 is 5.31. The number of aliphatic hydroxyl groups is 1. The van der Waals surface area contributed by atoms with Gasteiger partial charge in [-0.25, -0.2) is 0 Å². The molecule has 202 valence electrons. The summed E-state index contributed by atoms with van der Waals surface area (Å²) in [5, 5.41) is 11.9. The average Bonchev–Trinajstić information content (AvgIpc) is 3.35. The topological polar surface area (TPSA) is 83.9 Å². The van der Waals surface area contributed by atoms with E-state index in [0.29, 0.717) is 18.9 Å². The Labute approximate surface area is 225 Å². The summed E-state index contributed by atoms with van der Waals surface area (Å²) in [7, 11) is 0. The SMILES string of the molecule is CC(=O)OCC(=O)[C@]12CN(Cc3ccccc3)C[C@@H]1C[C@H]1[C@@H]3CCC4=CC(=O)C=C[C@]4(C)[C@H]3[C@@H](O)C[C@@]12C. The molecule has 0 bridgehead atoms. The Morgan fingerprint density at radius 3 is 2.68 bits per heavy atom. The van der Waals surface area contributed by atoms with Crippen molar-refractivity contribution >= 4 is 17.5 Å². The van der Waals surface area contributed by atoms with Gasteiger partial charge in [0.1, 0.15) is 0 Å². The lowest BCUT2D eigenvalue weighted by atomic mass is 9.44. The fraction of sp³-hybridized carbons (Fsp3) is 0.594. The minimum Gasteiger partial charge on any atom is -0.458 e. The van der Waals surface area contributed by atoms with Crippen molar-refractivity contribution < 1.29 is 24.2 Å². The van der Waals surface area contributed by atoms with Crippen LogP contribution in [-0.4, -0.2) is 53.3 Å². The third-order valence-electron chi connectivity index (χ3n) is 11.2. The van der Waals surface area contributed by atoms with Gasteiger partial charge in [-0.15, -0.1) is 0 Å². The van der Waals surface area contributed by atoms with E-state index in [1.54, 1.807) is 12.2 Å². The normalized spacial score (nSPS) is 41.5. The summed E-state index contributed by atoms with van der Waals surface area (Å²) in [5.74, 6) is 0.366. The largest absolute Gasteiger partial charge is 0.458 e. The number of ketones is 2. The molecule has 0 spiro atoms. The molecule has 1 saturated heterocycles. The maximum atomic E-state index is 14.2. The highest BCUT2D eigenvalue weighted by atomic mass is 16.5. The molecule has 0 amide bonds. The molecule has 1 heterocycles. The van der Waals surface area contributed by atoms with Crippen molar-refractivity contribution in [3.63, 3.8) is 0 Å². The fourth-order valence-corrected chi connectivity index (χ4v) is 9.76. The second-order valence-corrected chi connectivity index (χ2v) is 13.0. The van der Waals surface area contributed by atoms with Crippen molar-refractivity contribution in [1.82, 2.24) is 4.90 Å². The predicted octanol–water partition coefficient (Wildman–Crippen LogP) is 4.13. The second-order valence-electron chi connectivity index (χ2n) is 13.0. The van der Waals surface area contributed by atoms with E-state index < -0.39 is 22.9 Å². The monoisotopic (exact) mass is 517 g/mol. The molecule has 6 heteroatoms. The molecule has 6 nitrogen and oxygen atoms in total. The lowest BCUT2D eigenvalue weighted by molar-refractivity contribution is -0.164. The van der Waals surface area contributed by atoms with E-state index in [9.17, 15) is 19.5 Å². The molecular formula is C32H39NO5. The highest BCUT2D eigenvalue weighted by Crippen LogP contribution is 2.72. The Morgan fingerprint density at radius 2 is 1.95 bits per heavy atom. The molecule has 1 aliphatic heterocycles. The van der Waals surface area contributed by atoms with Gasteiger partial charge < -0.3 is 9.84 Å². The third-order valence-corrected chi connectivity index (χ3v) is 11.2. The number of Topliss-reactive ketones (excluding diaryl/α,β-unsaturated/α-hetero) is 1. The Hall–Kier alpha value is -2.57. The summed E-state index contributed by atoms with van der Waals surface area (Å²) in [5.41, 5.74) is 0.972. The summed E-state index contributed by atoms with van der Waals surface area (Å²) in [6.07, 6.45) is 8.18. The maximum Gasteiger partial charge on any atom is 0.303 e. The molecule has 1 N–H and O–H groups in total. The predicted molar refractivity (Wildman–Crippen MR) is 143 cm³/mol. The van der Waals surface area contributed by atoms with Gasteiger partial charge in [0.15, 0.2) is 18.2 Å². The highest BCUT2D eigenvalue weighted by Gasteiger charge is 2.73. The molecular weight excluding hydrogens is 478 g/mol. The molecule has 1 aromatic carbocycles. The van der Waals surface area contributed by atoms with Crippen molar-refractivity contribution in [2.45, 2.75) is 59.1 Å². The van der Waals surface area contributed by atoms with Crippen LogP contribution in [0.3, 0.4) is 0 Å². The molecule has 8 atom stereocenters. The average molecular weight is 518 g/mol. The van der Waals surface area contributed by atoms with Crippen LogP contribution in [0.2, 0.25) is 0 Å². The van der Waals surface area contributed by atoms with Gasteiger partial charge in [-0.1, -0.05) is 55.8 Å². The van der Waals surface area contributed by atoms with Crippen LogP contribution in [0, 0.1) is 39.9 Å². The fourth-order valence-electron chi connectivity index (χ4n) is 9.76. The number of benzene rings is 1. The quantitative estimate of drug-likeness (QED) is 0.592. The molecule has 0 radical (unpaired) electrons. The van der Waals surface area contributed by atoms with E-state index in [0.717, 1.165) is 37.9 Å². The van der Waals surface area contributed by atoms with Gasteiger partial charge in [-0.3, -0.25) is 19.3 Å². The van der Waals surface area contributed by atoms with Gasteiger partial charge in [-0.05, 0) is 66.6 Å². The van der Waals surface area contributed by atoms with E-state index >= 15 is 0 Å². The van der Waals surface area contributed by atoms with Crippen molar-refractivity contribution in [1.29, 1.82) is 0 Å². The van der Waals surface area contributed by atoms with E-state index in [1.165, 1.54) is 12.5 Å². The van der Waals surface area contributed by atoms with Crippen LogP contribution in [0.5, 0.6) is 0 Å². The standard InChI is InChI=1S/C32H39NO5/c1-20(34)38-18-28(37)32-19-33(16-21-7-5-4-6-8-21)17-23(32)14-26-25-10-9-22-13-24(35)11-12-30(22,2)29(25)27(36)15-31(26,32)3/h4-8,11-13,23,25-27,29,36H,9-10,14-19H2,1-3H3/t23-,25-,26-,27-,29+,30-,31-,32-/m0/s1. The first-order valence-electron chi connectivity index (χ1n) is 14.1. The highest BCUT2D eigenvalue weighted by molar-refractivity contribution is 6.01. The van der Waals surface area contributed by atoms with Gasteiger partial charge in [0.2, 0.25) is 0 Å². The number of nitrogens with zero attached hydrogens (tertiary/aromatic N) is 1. The van der Waals surface area contributed by atoms with Crippen LogP contribution >= 0.6 is 0 Å². The lowest BCUT2D eigenvalue weighted by Gasteiger charge is -2.60. The summed E-state index contributed by atoms with van der Waals surface area (Å²) in [4.78, 5) is 40.4. The minimum absolute atomic E-state index is 0.00896. The molecule has 4 aliphatic carbocycles. The number of carbonyl (C=O) groups is 3. The van der Waals surface area contributed by atoms with E-state index in [2.05, 4.69) is 30.9 Å². The summed E-state index contributed by atoms with van der Waals surface area (Å²) >= 11 is 0. The number of carbonyl (C=O) groups excluding carboxylic acids is 3. The van der Waals surface area contributed by atoms with Gasteiger partial charge in [0.05, 0.1) is 11.5 Å². The zero-order valence-electron chi connectivity index (χ0n) is 22.7. The van der Waals surface area contributed by atoms with Gasteiger partial charge in [0.25, 0.3) is 0 Å². The number of ether oxygens (including phenoxy) is 1. The number of likely N-dealkylation sites (tertiary alicyclic amines) is 1. The first-order valence-corrected chi connectivity index (χ1v) is 14.1. The Kier molecular flexibility index (Phi) is 6.08. The van der Waals surface area contributed by atoms with Crippen molar-refractivity contribution in [2.24, 2.45) is 39.9 Å². The zero-order chi connectivity index (χ0) is 26.9. The Balaban J connectivity index is 1.36. The molecule has 6 rings (SSSR count). The van der Waals surface area contributed by atoms with Gasteiger partial charge in [-0.2, -0.15) is 0 Å². The number of hydrogen-bond acceptors (Lipinski definition) is 6. The van der Waals surface area contributed by atoms with Crippen LogP contribution in [0.4, 0.5) is 0 Å². The molecule has 3 saturated carbocycles. The maximum absolute atomic E-state index is 14.2. The first-order chi connectivity index (χ1) is 18.1. The number of aliphatic hydroxyl groups excluding tert-OH is 1. The number of allylic oxidation sites excluding steroid dienone is 4. The molecule has 5 aliphatic rings. The van der Waals surface area contributed by atoms with Gasteiger partial charge >= 0.3 is 5.97 Å². The Bertz CT molecular complexity index is 1220. The van der Waals surface area contributed by atoms with Crippen LogP contribution in [0.15, 0.2) is 54.1 Å². The van der Waals surface area contributed by atoms with Crippen molar-refractivity contribution in [3.05, 3.63) is 59.7 Å². The van der Waals surface area contributed by atoms with Crippen LogP contribution in [0.25, 0.3) is 0 Å². The molecule has 0 aromatic heterocycles. The van der Waals surface area contributed by atoms with Gasteiger partial charge in [0, 0.05) is 37.9 Å². The van der Waals surface area contributed by atoms with Crippen molar-refractivity contribution in [3.8, 4) is 0 Å². The molecule has 0 unspecified atom stereocenters. The second kappa shape index (κ2) is 8.99. The van der Waals surface area contributed by atoms with Crippen molar-refractivity contribution in [2.75, 3.05) is 19.7 Å². The smallest absolute Gasteiger partial charge is 0.303 e. The van der Waals surface area contributed by atoms with E-state index in [-0.39, 0.29) is 41.3 Å². The molecule has 38 heavy (non-hydrogen) atoms. The summed E-state index contributed by atoms with van der Waals surface area (Å²) in [6, 6.07) is 10.3. The number of fused-ring (bicyclic) bond motifs is 7. The zero-order valence-corrected chi connectivity index (χ0v) is 22.7. The van der Waals surface area contributed by atoms with E-state index in [4.69, 9.17) is 4.74 Å². The van der Waals surface area contributed by atoms with E-state index in [1.807, 2.05) is 24.3 Å². The van der Waals surface area contributed by atoms with Crippen LogP contribution in [0.1, 0.15) is 52.0 Å².